The summed E-state index contributed by atoms with van der Waals surface area (Å²) in [5.74, 6) is 0.00399. The van der Waals surface area contributed by atoms with E-state index in [1.807, 2.05) is 19.9 Å². The van der Waals surface area contributed by atoms with Crippen molar-refractivity contribution in [3.63, 3.8) is 0 Å². The number of hydrazone groups is 1. The number of anilines is 1. The van der Waals surface area contributed by atoms with Gasteiger partial charge in [0, 0.05) is 24.4 Å². The number of rotatable bonds is 7. The van der Waals surface area contributed by atoms with Crippen molar-refractivity contribution in [2.75, 3.05) is 12.4 Å². The summed E-state index contributed by atoms with van der Waals surface area (Å²) in [6.07, 6.45) is 1.02. The Labute approximate surface area is 194 Å². The molecule has 0 bridgehead atoms. The van der Waals surface area contributed by atoms with Crippen LogP contribution in [-0.2, 0) is 0 Å². The normalized spacial score (nSPS) is 13.1. The molecule has 2 aromatic heterocycles. The third-order valence-corrected chi connectivity index (χ3v) is 5.25. The SMILES string of the molecule is CN/N=C(\C=N)c1oc2c(C(C)Nc3ccc(Cl)nc3/C(N)=N/O)cc(C)cc2c(=O)c1C. The second-order valence-corrected chi connectivity index (χ2v) is 7.75. The highest BCUT2D eigenvalue weighted by atomic mass is 35.5. The molecule has 1 unspecified atom stereocenters. The van der Waals surface area contributed by atoms with E-state index in [-0.39, 0.29) is 39.6 Å². The first-order valence-electron chi connectivity index (χ1n) is 9.96. The Balaban J connectivity index is 2.21. The summed E-state index contributed by atoms with van der Waals surface area (Å²) in [6, 6.07) is 6.51. The maximum Gasteiger partial charge on any atom is 0.196 e. The summed E-state index contributed by atoms with van der Waals surface area (Å²) in [5.41, 5.74) is 11.3. The largest absolute Gasteiger partial charge is 0.453 e. The molecule has 1 aromatic carbocycles. The number of hydrogen-bond acceptors (Lipinski definition) is 9. The number of amidine groups is 1. The standard InChI is InChI=1S/C22H24ClN7O3/c1-10-7-13(12(3)27-15-5-6-17(23)28-18(15)22(25)30-32)21-14(8-10)19(31)11(2)20(33-21)16(9-24)29-26-4/h5-9,12,24,26-27,32H,1-4H3,(H2,25,30)/b24-9?,29-16+. The molecular formula is C22H24ClN7O3. The number of oxime groups is 1. The molecule has 11 heteroatoms. The van der Waals surface area contributed by atoms with E-state index in [1.54, 1.807) is 32.2 Å². The van der Waals surface area contributed by atoms with Gasteiger partial charge in [-0.1, -0.05) is 22.8 Å². The van der Waals surface area contributed by atoms with Crippen LogP contribution in [0.15, 0.2) is 43.7 Å². The summed E-state index contributed by atoms with van der Waals surface area (Å²) in [6.45, 7) is 5.40. The lowest BCUT2D eigenvalue weighted by molar-refractivity contribution is 0.318. The minimum Gasteiger partial charge on any atom is -0.453 e. The molecule has 10 nitrogen and oxygen atoms in total. The van der Waals surface area contributed by atoms with Gasteiger partial charge in [0.25, 0.3) is 0 Å². The predicted molar refractivity (Wildman–Crippen MR) is 130 cm³/mol. The second-order valence-electron chi connectivity index (χ2n) is 7.36. The van der Waals surface area contributed by atoms with E-state index >= 15 is 0 Å². The van der Waals surface area contributed by atoms with Gasteiger partial charge in [-0.15, -0.1) is 0 Å². The van der Waals surface area contributed by atoms with Crippen LogP contribution in [0.2, 0.25) is 5.15 Å². The Kier molecular flexibility index (Phi) is 6.98. The zero-order valence-electron chi connectivity index (χ0n) is 18.5. The monoisotopic (exact) mass is 469 g/mol. The molecule has 1 atom stereocenters. The Morgan fingerprint density at radius 1 is 1.36 bits per heavy atom. The Morgan fingerprint density at radius 3 is 2.73 bits per heavy atom. The summed E-state index contributed by atoms with van der Waals surface area (Å²) in [5, 5.41) is 27.7. The number of nitrogens with one attached hydrogen (secondary N) is 3. The van der Waals surface area contributed by atoms with Gasteiger partial charge in [-0.2, -0.15) is 5.10 Å². The average Bonchev–Trinajstić information content (AvgIpc) is 2.80. The maximum atomic E-state index is 13.2. The van der Waals surface area contributed by atoms with Crippen LogP contribution in [0, 0.1) is 19.3 Å². The molecule has 0 fully saturated rings. The van der Waals surface area contributed by atoms with Crippen molar-refractivity contribution in [2.24, 2.45) is 16.0 Å². The molecule has 0 saturated heterocycles. The third kappa shape index (κ3) is 4.65. The molecule has 0 amide bonds. The van der Waals surface area contributed by atoms with E-state index in [0.717, 1.165) is 11.8 Å². The molecule has 2 heterocycles. The highest BCUT2D eigenvalue weighted by Gasteiger charge is 2.21. The number of pyridine rings is 1. The number of halogens is 1. The number of aromatic nitrogens is 1. The summed E-state index contributed by atoms with van der Waals surface area (Å²) in [4.78, 5) is 17.3. The minimum absolute atomic E-state index is 0.180. The summed E-state index contributed by atoms with van der Waals surface area (Å²) >= 11 is 5.97. The van der Waals surface area contributed by atoms with Crippen LogP contribution >= 0.6 is 11.6 Å². The van der Waals surface area contributed by atoms with Crippen molar-refractivity contribution >= 4 is 46.0 Å². The Bertz CT molecular complexity index is 1350. The quantitative estimate of drug-likeness (QED) is 0.116. The molecule has 0 aliphatic carbocycles. The lowest BCUT2D eigenvalue weighted by Gasteiger charge is -2.20. The fourth-order valence-electron chi connectivity index (χ4n) is 3.51. The summed E-state index contributed by atoms with van der Waals surface area (Å²) < 4.78 is 6.15. The Morgan fingerprint density at radius 2 is 2.09 bits per heavy atom. The minimum atomic E-state index is -0.385. The Hall–Kier alpha value is -3.92. The predicted octanol–water partition coefficient (Wildman–Crippen LogP) is 3.30. The maximum absolute atomic E-state index is 13.2. The molecule has 3 rings (SSSR count). The van der Waals surface area contributed by atoms with Crippen molar-refractivity contribution in [3.8, 4) is 0 Å². The van der Waals surface area contributed by atoms with Crippen molar-refractivity contribution < 1.29 is 9.62 Å². The van der Waals surface area contributed by atoms with Crippen LogP contribution in [-0.4, -0.2) is 35.0 Å². The number of fused-ring (bicyclic) bond motifs is 1. The number of benzene rings is 1. The molecule has 6 N–H and O–H groups in total. The van der Waals surface area contributed by atoms with Gasteiger partial charge in [0.2, 0.25) is 0 Å². The fraction of sp³-hybridized carbons (Fsp3) is 0.227. The van der Waals surface area contributed by atoms with Crippen LogP contribution < -0.4 is 21.9 Å². The average molecular weight is 470 g/mol. The van der Waals surface area contributed by atoms with Crippen molar-refractivity contribution in [1.29, 1.82) is 5.41 Å². The van der Waals surface area contributed by atoms with Gasteiger partial charge in [0.05, 0.1) is 17.1 Å². The summed E-state index contributed by atoms with van der Waals surface area (Å²) in [7, 11) is 1.60. The number of hydrogen-bond donors (Lipinski definition) is 5. The molecule has 0 spiro atoms. The van der Waals surface area contributed by atoms with Crippen LogP contribution in [0.3, 0.4) is 0 Å². The van der Waals surface area contributed by atoms with Crippen LogP contribution in [0.5, 0.6) is 0 Å². The number of nitrogens with two attached hydrogens (primary N) is 1. The first-order valence-corrected chi connectivity index (χ1v) is 10.3. The number of nitrogens with zero attached hydrogens (tertiary/aromatic N) is 3. The van der Waals surface area contributed by atoms with Gasteiger partial charge in [0.1, 0.15) is 22.1 Å². The molecular weight excluding hydrogens is 446 g/mol. The molecule has 0 radical (unpaired) electrons. The van der Waals surface area contributed by atoms with E-state index in [1.165, 1.54) is 0 Å². The topological polar surface area (TPSA) is 162 Å². The third-order valence-electron chi connectivity index (χ3n) is 5.04. The smallest absolute Gasteiger partial charge is 0.196 e. The lowest BCUT2D eigenvalue weighted by Crippen LogP contribution is -2.20. The highest BCUT2D eigenvalue weighted by Crippen LogP contribution is 2.30. The molecule has 3 aromatic rings. The van der Waals surface area contributed by atoms with Gasteiger partial charge in [0.15, 0.2) is 17.0 Å². The van der Waals surface area contributed by atoms with Gasteiger partial charge in [-0.3, -0.25) is 4.79 Å². The molecule has 0 aliphatic rings. The van der Waals surface area contributed by atoms with Crippen LogP contribution in [0.25, 0.3) is 11.0 Å². The van der Waals surface area contributed by atoms with Gasteiger partial charge in [-0.25, -0.2) is 4.98 Å². The van der Waals surface area contributed by atoms with E-state index in [0.29, 0.717) is 27.8 Å². The molecule has 0 aliphatic heterocycles. The van der Waals surface area contributed by atoms with Gasteiger partial charge in [-0.05, 0) is 44.5 Å². The van der Waals surface area contributed by atoms with Gasteiger partial charge < -0.3 is 31.5 Å². The molecule has 33 heavy (non-hydrogen) atoms. The zero-order valence-corrected chi connectivity index (χ0v) is 19.3. The van der Waals surface area contributed by atoms with Crippen LogP contribution in [0.1, 0.15) is 41.1 Å². The first-order chi connectivity index (χ1) is 15.7. The van der Waals surface area contributed by atoms with E-state index in [9.17, 15) is 4.79 Å². The fourth-order valence-corrected chi connectivity index (χ4v) is 3.66. The van der Waals surface area contributed by atoms with E-state index in [2.05, 4.69) is 26.0 Å². The van der Waals surface area contributed by atoms with E-state index in [4.69, 9.17) is 32.4 Å². The lowest BCUT2D eigenvalue weighted by atomic mass is 9.99. The number of aryl methyl sites for hydroxylation is 1. The van der Waals surface area contributed by atoms with Crippen molar-refractivity contribution in [2.45, 2.75) is 26.8 Å². The van der Waals surface area contributed by atoms with E-state index < -0.39 is 0 Å². The van der Waals surface area contributed by atoms with Crippen LogP contribution in [0.4, 0.5) is 5.69 Å². The molecule has 172 valence electrons. The first kappa shape index (κ1) is 23.7. The molecule has 0 saturated carbocycles. The zero-order chi connectivity index (χ0) is 24.3. The van der Waals surface area contributed by atoms with Crippen molar-refractivity contribution in [1.82, 2.24) is 10.4 Å². The van der Waals surface area contributed by atoms with Crippen molar-refractivity contribution in [3.05, 3.63) is 67.8 Å². The second kappa shape index (κ2) is 9.70. The highest BCUT2D eigenvalue weighted by molar-refractivity contribution is 6.36. The van der Waals surface area contributed by atoms with Gasteiger partial charge >= 0.3 is 0 Å².